The van der Waals surface area contributed by atoms with Crippen LogP contribution < -0.4 is 10.1 Å². The van der Waals surface area contributed by atoms with Crippen LogP contribution in [0.3, 0.4) is 0 Å². The lowest BCUT2D eigenvalue weighted by Gasteiger charge is -2.06. The first-order valence-electron chi connectivity index (χ1n) is 3.97. The molecule has 1 rings (SSSR count). The standard InChI is InChI=1S/C9H11ClFNO/c1-12-5-6-13-8-4-2-3-7(10)9(8)11/h2-4,12H,5-6H2,1H3. The lowest BCUT2D eigenvalue weighted by Crippen LogP contribution is -2.16. The van der Waals surface area contributed by atoms with Crippen LogP contribution >= 0.6 is 11.6 Å². The zero-order valence-electron chi connectivity index (χ0n) is 7.31. The molecule has 4 heteroatoms. The average Bonchev–Trinajstić information content (AvgIpc) is 2.13. The van der Waals surface area contributed by atoms with Gasteiger partial charge in [0.15, 0.2) is 11.6 Å². The highest BCUT2D eigenvalue weighted by atomic mass is 35.5. The molecule has 2 nitrogen and oxygen atoms in total. The molecule has 0 atom stereocenters. The van der Waals surface area contributed by atoms with Gasteiger partial charge >= 0.3 is 0 Å². The van der Waals surface area contributed by atoms with Crippen LogP contribution in [0.15, 0.2) is 18.2 Å². The summed E-state index contributed by atoms with van der Waals surface area (Å²) < 4.78 is 18.3. The van der Waals surface area contributed by atoms with Gasteiger partial charge in [0.1, 0.15) is 6.61 Å². The molecule has 0 aliphatic rings. The molecular formula is C9H11ClFNO. The molecule has 0 saturated heterocycles. The maximum atomic E-state index is 13.2. The van der Waals surface area contributed by atoms with Crippen LogP contribution in [-0.2, 0) is 0 Å². The summed E-state index contributed by atoms with van der Waals surface area (Å²) in [5.41, 5.74) is 0. The van der Waals surface area contributed by atoms with Crippen molar-refractivity contribution in [1.29, 1.82) is 0 Å². The second-order valence-electron chi connectivity index (χ2n) is 2.50. The zero-order valence-corrected chi connectivity index (χ0v) is 8.07. The molecule has 0 bridgehead atoms. The predicted octanol–water partition coefficient (Wildman–Crippen LogP) is 2.08. The van der Waals surface area contributed by atoms with Crippen molar-refractivity contribution < 1.29 is 9.13 Å². The maximum absolute atomic E-state index is 13.2. The second-order valence-corrected chi connectivity index (χ2v) is 2.91. The number of benzene rings is 1. The van der Waals surface area contributed by atoms with Gasteiger partial charge in [0.2, 0.25) is 0 Å². The van der Waals surface area contributed by atoms with E-state index in [9.17, 15) is 4.39 Å². The number of nitrogens with one attached hydrogen (secondary N) is 1. The van der Waals surface area contributed by atoms with Crippen LogP contribution in [0.2, 0.25) is 5.02 Å². The minimum absolute atomic E-state index is 0.0851. The zero-order chi connectivity index (χ0) is 9.68. The Morgan fingerprint density at radius 1 is 1.54 bits per heavy atom. The molecule has 0 aliphatic carbocycles. The van der Waals surface area contributed by atoms with Crippen LogP contribution in [0.25, 0.3) is 0 Å². The highest BCUT2D eigenvalue weighted by molar-refractivity contribution is 6.30. The lowest BCUT2D eigenvalue weighted by atomic mass is 10.3. The molecule has 13 heavy (non-hydrogen) atoms. The summed E-state index contributed by atoms with van der Waals surface area (Å²) in [4.78, 5) is 0. The van der Waals surface area contributed by atoms with E-state index in [0.717, 1.165) is 0 Å². The van der Waals surface area contributed by atoms with Crippen molar-refractivity contribution in [2.45, 2.75) is 0 Å². The van der Waals surface area contributed by atoms with Gasteiger partial charge in [-0.3, -0.25) is 0 Å². The largest absolute Gasteiger partial charge is 0.489 e. The van der Waals surface area contributed by atoms with Gasteiger partial charge in [0.25, 0.3) is 0 Å². The molecule has 0 amide bonds. The van der Waals surface area contributed by atoms with Crippen LogP contribution in [0, 0.1) is 5.82 Å². The van der Waals surface area contributed by atoms with E-state index in [4.69, 9.17) is 16.3 Å². The van der Waals surface area contributed by atoms with E-state index < -0.39 is 5.82 Å². The predicted molar refractivity (Wildman–Crippen MR) is 50.8 cm³/mol. The first-order chi connectivity index (χ1) is 6.25. The first-order valence-corrected chi connectivity index (χ1v) is 4.35. The molecule has 0 radical (unpaired) electrons. The fraction of sp³-hybridized carbons (Fsp3) is 0.333. The van der Waals surface area contributed by atoms with Crippen molar-refractivity contribution in [3.8, 4) is 5.75 Å². The Balaban J connectivity index is 2.61. The highest BCUT2D eigenvalue weighted by Crippen LogP contribution is 2.23. The summed E-state index contributed by atoms with van der Waals surface area (Å²) in [6.45, 7) is 1.10. The molecule has 72 valence electrons. The Hall–Kier alpha value is -0.800. The van der Waals surface area contributed by atoms with E-state index in [2.05, 4.69) is 5.32 Å². The van der Waals surface area contributed by atoms with Crippen LogP contribution in [0.4, 0.5) is 4.39 Å². The number of hydrogen-bond acceptors (Lipinski definition) is 2. The van der Waals surface area contributed by atoms with Gasteiger partial charge in [-0.1, -0.05) is 17.7 Å². The van der Waals surface area contributed by atoms with Gasteiger partial charge in [0.05, 0.1) is 5.02 Å². The van der Waals surface area contributed by atoms with Crippen molar-refractivity contribution in [2.75, 3.05) is 20.2 Å². The molecule has 0 saturated carbocycles. The SMILES string of the molecule is CNCCOc1cccc(Cl)c1F. The first kappa shape index (κ1) is 10.3. The topological polar surface area (TPSA) is 21.3 Å². The molecule has 1 aromatic carbocycles. The summed E-state index contributed by atoms with van der Waals surface area (Å²) in [5, 5.41) is 2.98. The van der Waals surface area contributed by atoms with Crippen LogP contribution in [0.5, 0.6) is 5.75 Å². The third-order valence-corrected chi connectivity index (χ3v) is 1.82. The second kappa shape index (κ2) is 5.04. The van der Waals surface area contributed by atoms with Crippen molar-refractivity contribution >= 4 is 11.6 Å². The Labute approximate surface area is 81.7 Å². The van der Waals surface area contributed by atoms with Crippen molar-refractivity contribution in [3.63, 3.8) is 0 Å². The van der Waals surface area contributed by atoms with Gasteiger partial charge in [0, 0.05) is 6.54 Å². The Morgan fingerprint density at radius 2 is 2.31 bits per heavy atom. The molecule has 0 fully saturated rings. The summed E-state index contributed by atoms with van der Waals surface area (Å²) in [5.74, 6) is -0.303. The minimum Gasteiger partial charge on any atom is -0.489 e. The molecule has 0 unspecified atom stereocenters. The van der Waals surface area contributed by atoms with E-state index in [1.807, 2.05) is 0 Å². The normalized spacial score (nSPS) is 10.1. The Morgan fingerprint density at radius 3 is 3.00 bits per heavy atom. The highest BCUT2D eigenvalue weighted by Gasteiger charge is 2.05. The summed E-state index contributed by atoms with van der Waals surface area (Å²) in [6, 6.07) is 4.69. The molecule has 0 spiro atoms. The van der Waals surface area contributed by atoms with Crippen molar-refractivity contribution in [2.24, 2.45) is 0 Å². The van der Waals surface area contributed by atoms with E-state index in [0.29, 0.717) is 13.2 Å². The van der Waals surface area contributed by atoms with Crippen molar-refractivity contribution in [1.82, 2.24) is 5.32 Å². The van der Waals surface area contributed by atoms with Gasteiger partial charge in [-0.05, 0) is 19.2 Å². The Bertz CT molecular complexity index is 280. The number of hydrogen-bond donors (Lipinski definition) is 1. The quantitative estimate of drug-likeness (QED) is 0.757. The molecule has 0 aliphatic heterocycles. The Kier molecular flexibility index (Phi) is 3.99. The molecule has 0 heterocycles. The summed E-state index contributed by atoms with van der Waals surface area (Å²) in [6.07, 6.45) is 0. The van der Waals surface area contributed by atoms with E-state index >= 15 is 0 Å². The maximum Gasteiger partial charge on any atom is 0.183 e. The smallest absolute Gasteiger partial charge is 0.183 e. The molecular weight excluding hydrogens is 193 g/mol. The monoisotopic (exact) mass is 203 g/mol. The molecule has 0 aromatic heterocycles. The fourth-order valence-electron chi connectivity index (χ4n) is 0.859. The molecule has 1 aromatic rings. The number of rotatable bonds is 4. The van der Waals surface area contributed by atoms with Gasteiger partial charge in [-0.2, -0.15) is 0 Å². The van der Waals surface area contributed by atoms with Gasteiger partial charge in [-0.25, -0.2) is 4.39 Å². The third kappa shape index (κ3) is 2.86. The fourth-order valence-corrected chi connectivity index (χ4v) is 1.02. The number of halogens is 2. The summed E-state index contributed by atoms with van der Waals surface area (Å²) >= 11 is 5.56. The minimum atomic E-state index is -0.500. The van der Waals surface area contributed by atoms with Crippen LogP contribution in [0.1, 0.15) is 0 Å². The van der Waals surface area contributed by atoms with Crippen LogP contribution in [-0.4, -0.2) is 20.2 Å². The average molecular weight is 204 g/mol. The number of likely N-dealkylation sites (N-methyl/N-ethyl adjacent to an activating group) is 1. The lowest BCUT2D eigenvalue weighted by molar-refractivity contribution is 0.302. The third-order valence-electron chi connectivity index (χ3n) is 1.53. The van der Waals surface area contributed by atoms with Gasteiger partial charge < -0.3 is 10.1 Å². The van der Waals surface area contributed by atoms with Gasteiger partial charge in [-0.15, -0.1) is 0 Å². The van der Waals surface area contributed by atoms with Crippen molar-refractivity contribution in [3.05, 3.63) is 29.0 Å². The molecule has 1 N–H and O–H groups in total. The van der Waals surface area contributed by atoms with E-state index in [1.165, 1.54) is 6.07 Å². The number of ether oxygens (including phenoxy) is 1. The van der Waals surface area contributed by atoms with E-state index in [-0.39, 0.29) is 10.8 Å². The van der Waals surface area contributed by atoms with E-state index in [1.54, 1.807) is 19.2 Å². The summed E-state index contributed by atoms with van der Waals surface area (Å²) in [7, 11) is 1.80.